The Bertz CT molecular complexity index is 747. The van der Waals surface area contributed by atoms with Gasteiger partial charge in [0.25, 0.3) is 5.91 Å². The molecule has 0 saturated carbocycles. The van der Waals surface area contributed by atoms with Crippen LogP contribution in [0.4, 0.5) is 0 Å². The Balaban J connectivity index is 2.09. The average Bonchev–Trinajstić information content (AvgIpc) is 2.55. The van der Waals surface area contributed by atoms with Crippen molar-refractivity contribution in [3.05, 3.63) is 68.8 Å². The maximum absolute atomic E-state index is 12.4. The quantitative estimate of drug-likeness (QED) is 0.686. The highest BCUT2D eigenvalue weighted by Crippen LogP contribution is 2.22. The van der Waals surface area contributed by atoms with Gasteiger partial charge in [-0.1, -0.05) is 45.0 Å². The number of rotatable bonds is 5. The third-order valence-electron chi connectivity index (χ3n) is 4.01. The monoisotopic (exact) mass is 450 g/mol. The van der Waals surface area contributed by atoms with Crippen molar-refractivity contribution >= 4 is 34.4 Å². The second-order valence-corrected chi connectivity index (χ2v) is 8.33. The minimum Gasteiger partial charge on any atom is -0.368 e. The zero-order valence-electron chi connectivity index (χ0n) is 14.7. The van der Waals surface area contributed by atoms with Crippen LogP contribution in [0.5, 0.6) is 0 Å². The molecule has 2 aromatic rings. The number of hydrogen-bond acceptors (Lipinski definition) is 2. The van der Waals surface area contributed by atoms with Gasteiger partial charge < -0.3 is 11.1 Å². The molecule has 5 heteroatoms. The Hall–Kier alpha value is -1.89. The lowest BCUT2D eigenvalue weighted by molar-refractivity contribution is -0.119. The van der Waals surface area contributed by atoms with Crippen molar-refractivity contribution in [3.63, 3.8) is 0 Å². The molecular formula is C20H23IN2O2. The van der Waals surface area contributed by atoms with Crippen LogP contribution in [0.3, 0.4) is 0 Å². The Morgan fingerprint density at radius 1 is 1.04 bits per heavy atom. The fraction of sp³-hybridized carbons (Fsp3) is 0.300. The first-order valence-corrected chi connectivity index (χ1v) is 9.20. The van der Waals surface area contributed by atoms with E-state index in [0.29, 0.717) is 12.0 Å². The van der Waals surface area contributed by atoms with E-state index in [1.165, 1.54) is 0 Å². The van der Waals surface area contributed by atoms with Crippen molar-refractivity contribution < 1.29 is 9.59 Å². The predicted molar refractivity (Wildman–Crippen MR) is 108 cm³/mol. The third-order valence-corrected chi connectivity index (χ3v) is 4.73. The Kier molecular flexibility index (Phi) is 6.21. The first-order chi connectivity index (χ1) is 11.7. The lowest BCUT2D eigenvalue weighted by atomic mass is 9.86. The molecular weight excluding hydrogens is 427 g/mol. The standard InChI is InChI=1S/C20H23IN2O2/c1-20(2,3)15-8-6-14(7-9-15)19(25)23-17(18(22)24)12-13-4-10-16(21)11-5-13/h4-11,17H,12H2,1-3H3,(H2,22,24)(H,23,25)/t17-/m0/s1. The number of carbonyl (C=O) groups is 2. The summed E-state index contributed by atoms with van der Waals surface area (Å²) < 4.78 is 1.11. The summed E-state index contributed by atoms with van der Waals surface area (Å²) in [5, 5.41) is 2.74. The third kappa shape index (κ3) is 5.56. The Morgan fingerprint density at radius 2 is 1.60 bits per heavy atom. The Labute approximate surface area is 162 Å². The van der Waals surface area contributed by atoms with E-state index in [9.17, 15) is 9.59 Å². The lowest BCUT2D eigenvalue weighted by Gasteiger charge is -2.19. The molecule has 3 N–H and O–H groups in total. The van der Waals surface area contributed by atoms with Gasteiger partial charge in [-0.15, -0.1) is 0 Å². The topological polar surface area (TPSA) is 72.2 Å². The fourth-order valence-electron chi connectivity index (χ4n) is 2.44. The van der Waals surface area contributed by atoms with E-state index in [1.54, 1.807) is 12.1 Å². The highest BCUT2D eigenvalue weighted by Gasteiger charge is 2.20. The van der Waals surface area contributed by atoms with Gasteiger partial charge in [0.15, 0.2) is 0 Å². The summed E-state index contributed by atoms with van der Waals surface area (Å²) in [5.41, 5.74) is 8.10. The highest BCUT2D eigenvalue weighted by atomic mass is 127. The molecule has 0 aromatic heterocycles. The number of carbonyl (C=O) groups excluding carboxylic acids is 2. The summed E-state index contributed by atoms with van der Waals surface area (Å²) in [4.78, 5) is 24.2. The van der Waals surface area contributed by atoms with Crippen molar-refractivity contribution in [2.24, 2.45) is 5.73 Å². The van der Waals surface area contributed by atoms with E-state index in [4.69, 9.17) is 5.73 Å². The summed E-state index contributed by atoms with van der Waals surface area (Å²) in [5.74, 6) is -0.840. The van der Waals surface area contributed by atoms with E-state index in [2.05, 4.69) is 48.7 Å². The van der Waals surface area contributed by atoms with Crippen LogP contribution in [0.2, 0.25) is 0 Å². The van der Waals surface area contributed by atoms with Crippen molar-refractivity contribution in [2.75, 3.05) is 0 Å². The average molecular weight is 450 g/mol. The molecule has 0 aliphatic heterocycles. The van der Waals surface area contributed by atoms with E-state index in [1.807, 2.05) is 36.4 Å². The first-order valence-electron chi connectivity index (χ1n) is 8.12. The minimum atomic E-state index is -0.741. The maximum atomic E-state index is 12.4. The molecule has 2 amide bonds. The maximum Gasteiger partial charge on any atom is 0.251 e. The van der Waals surface area contributed by atoms with Gasteiger partial charge in [0.05, 0.1) is 0 Å². The molecule has 25 heavy (non-hydrogen) atoms. The molecule has 0 radical (unpaired) electrons. The smallest absolute Gasteiger partial charge is 0.251 e. The molecule has 0 aliphatic carbocycles. The van der Waals surface area contributed by atoms with Gasteiger partial charge >= 0.3 is 0 Å². The summed E-state index contributed by atoms with van der Waals surface area (Å²) in [7, 11) is 0. The molecule has 2 rings (SSSR count). The van der Waals surface area contributed by atoms with Crippen molar-refractivity contribution in [1.82, 2.24) is 5.32 Å². The van der Waals surface area contributed by atoms with Gasteiger partial charge in [-0.25, -0.2) is 0 Å². The second kappa shape index (κ2) is 7.99. The molecule has 0 fully saturated rings. The van der Waals surface area contributed by atoms with Crippen LogP contribution in [-0.4, -0.2) is 17.9 Å². The molecule has 0 saturated heterocycles. The zero-order chi connectivity index (χ0) is 18.6. The molecule has 0 unspecified atom stereocenters. The number of primary amides is 1. The molecule has 0 spiro atoms. The second-order valence-electron chi connectivity index (χ2n) is 7.09. The van der Waals surface area contributed by atoms with Crippen molar-refractivity contribution in [2.45, 2.75) is 38.6 Å². The lowest BCUT2D eigenvalue weighted by Crippen LogP contribution is -2.45. The number of nitrogens with two attached hydrogens (primary N) is 1. The molecule has 0 heterocycles. The largest absolute Gasteiger partial charge is 0.368 e. The van der Waals surface area contributed by atoms with Crippen LogP contribution in [0.15, 0.2) is 48.5 Å². The van der Waals surface area contributed by atoms with E-state index in [0.717, 1.165) is 14.7 Å². The van der Waals surface area contributed by atoms with Crippen LogP contribution < -0.4 is 11.1 Å². The van der Waals surface area contributed by atoms with Crippen LogP contribution in [-0.2, 0) is 16.6 Å². The predicted octanol–water partition coefficient (Wildman–Crippen LogP) is 3.42. The highest BCUT2D eigenvalue weighted by molar-refractivity contribution is 14.1. The molecule has 1 atom stereocenters. The van der Waals surface area contributed by atoms with Crippen LogP contribution in [0, 0.1) is 3.57 Å². The molecule has 4 nitrogen and oxygen atoms in total. The number of halogens is 1. The summed E-state index contributed by atoms with van der Waals surface area (Å²) >= 11 is 2.22. The number of nitrogens with one attached hydrogen (secondary N) is 1. The van der Waals surface area contributed by atoms with E-state index in [-0.39, 0.29) is 11.3 Å². The van der Waals surface area contributed by atoms with Crippen LogP contribution in [0.25, 0.3) is 0 Å². The summed E-state index contributed by atoms with van der Waals surface area (Å²) in [6.07, 6.45) is 0.373. The van der Waals surface area contributed by atoms with E-state index < -0.39 is 11.9 Å². The van der Waals surface area contributed by atoms with E-state index >= 15 is 0 Å². The first kappa shape index (κ1) is 19.4. The number of hydrogen-bond donors (Lipinski definition) is 2. The van der Waals surface area contributed by atoms with Gasteiger partial charge in [0, 0.05) is 15.6 Å². The van der Waals surface area contributed by atoms with Gasteiger partial charge in [-0.2, -0.15) is 0 Å². The molecule has 2 aromatic carbocycles. The van der Waals surface area contributed by atoms with Gasteiger partial charge in [-0.3, -0.25) is 9.59 Å². The summed E-state index contributed by atoms with van der Waals surface area (Å²) in [6, 6.07) is 14.5. The molecule has 0 bridgehead atoms. The minimum absolute atomic E-state index is 0.0234. The van der Waals surface area contributed by atoms with Gasteiger partial charge in [0.2, 0.25) is 5.91 Å². The van der Waals surface area contributed by atoms with Gasteiger partial charge in [-0.05, 0) is 63.4 Å². The van der Waals surface area contributed by atoms with Crippen LogP contribution in [0.1, 0.15) is 42.3 Å². The fourth-order valence-corrected chi connectivity index (χ4v) is 2.80. The SMILES string of the molecule is CC(C)(C)c1ccc(C(=O)N[C@@H](Cc2ccc(I)cc2)C(N)=O)cc1. The Morgan fingerprint density at radius 3 is 2.08 bits per heavy atom. The number of benzene rings is 2. The normalized spacial score (nSPS) is 12.5. The van der Waals surface area contributed by atoms with Crippen molar-refractivity contribution in [3.8, 4) is 0 Å². The number of amides is 2. The van der Waals surface area contributed by atoms with Crippen LogP contribution >= 0.6 is 22.6 Å². The van der Waals surface area contributed by atoms with Gasteiger partial charge in [0.1, 0.15) is 6.04 Å². The zero-order valence-corrected chi connectivity index (χ0v) is 16.8. The summed E-state index contributed by atoms with van der Waals surface area (Å²) in [6.45, 7) is 6.35. The molecule has 132 valence electrons. The molecule has 0 aliphatic rings. The van der Waals surface area contributed by atoms with Crippen molar-refractivity contribution in [1.29, 1.82) is 0 Å².